The second-order valence-electron chi connectivity index (χ2n) is 5.76. The molecule has 2 rings (SSSR count). The van der Waals surface area contributed by atoms with Gasteiger partial charge in [-0.3, -0.25) is 9.10 Å². The maximum Gasteiger partial charge on any atom is 0.416 e. The van der Waals surface area contributed by atoms with Gasteiger partial charge in [0.25, 0.3) is 5.91 Å². The number of hydrogen-bond acceptors (Lipinski definition) is 4. The molecule has 2 aromatic rings. The van der Waals surface area contributed by atoms with Crippen LogP contribution in [-0.4, -0.2) is 33.3 Å². The van der Waals surface area contributed by atoms with Crippen LogP contribution in [-0.2, 0) is 21.0 Å². The van der Waals surface area contributed by atoms with Gasteiger partial charge >= 0.3 is 6.18 Å². The van der Waals surface area contributed by atoms with E-state index in [0.717, 1.165) is 28.9 Å². The monoisotopic (exact) mass is 467 g/mol. The van der Waals surface area contributed by atoms with Crippen molar-refractivity contribution in [3.8, 4) is 0 Å². The van der Waals surface area contributed by atoms with Gasteiger partial charge in [-0.25, -0.2) is 13.8 Å². The van der Waals surface area contributed by atoms with Crippen molar-refractivity contribution >= 4 is 51.0 Å². The molecule has 0 aliphatic heterocycles. The van der Waals surface area contributed by atoms with Gasteiger partial charge in [0.1, 0.15) is 6.54 Å². The highest BCUT2D eigenvalue weighted by atomic mass is 35.5. The summed E-state index contributed by atoms with van der Waals surface area (Å²) >= 11 is 11.9. The molecule has 29 heavy (non-hydrogen) atoms. The van der Waals surface area contributed by atoms with E-state index in [1.807, 2.05) is 0 Å². The van der Waals surface area contributed by atoms with Crippen molar-refractivity contribution in [1.82, 2.24) is 5.43 Å². The summed E-state index contributed by atoms with van der Waals surface area (Å²) in [6.07, 6.45) is -2.63. The minimum absolute atomic E-state index is 0.00123. The molecule has 0 aliphatic rings. The second-order valence-corrected chi connectivity index (χ2v) is 8.45. The molecule has 0 spiro atoms. The summed E-state index contributed by atoms with van der Waals surface area (Å²) < 4.78 is 62.9. The number of benzene rings is 2. The predicted octanol–water partition coefficient (Wildman–Crippen LogP) is 3.93. The zero-order valence-corrected chi connectivity index (χ0v) is 17.1. The average Bonchev–Trinajstić information content (AvgIpc) is 2.61. The smallest absolute Gasteiger partial charge is 0.271 e. The van der Waals surface area contributed by atoms with Gasteiger partial charge in [0.2, 0.25) is 10.0 Å². The summed E-state index contributed by atoms with van der Waals surface area (Å²) in [4.78, 5) is 12.1. The molecule has 12 heteroatoms. The standard InChI is InChI=1S/C17H14Cl2F3N3O3S/c1-29(27,28)25(14-7-3-6-13(18)16(14)19)10-15(26)24-23-9-11-4-2-5-12(8-11)17(20,21)22/h2-9H,10H2,1H3,(H,24,26)/b23-9-. The molecule has 0 fully saturated rings. The number of anilines is 1. The van der Waals surface area contributed by atoms with E-state index in [0.29, 0.717) is 0 Å². The lowest BCUT2D eigenvalue weighted by Gasteiger charge is -2.22. The summed E-state index contributed by atoms with van der Waals surface area (Å²) in [5, 5.41) is 3.60. The summed E-state index contributed by atoms with van der Waals surface area (Å²) in [5.74, 6) is -0.838. The highest BCUT2D eigenvalue weighted by Gasteiger charge is 2.30. The number of sulfonamides is 1. The van der Waals surface area contributed by atoms with Gasteiger partial charge in [-0.15, -0.1) is 0 Å². The second kappa shape index (κ2) is 9.02. The number of alkyl halides is 3. The fraction of sp³-hybridized carbons (Fsp3) is 0.176. The van der Waals surface area contributed by atoms with Gasteiger partial charge in [-0.2, -0.15) is 18.3 Å². The molecule has 0 radical (unpaired) electrons. The summed E-state index contributed by atoms with van der Waals surface area (Å²) in [7, 11) is -3.90. The molecule has 0 bridgehead atoms. The quantitative estimate of drug-likeness (QED) is 0.516. The molecule has 156 valence electrons. The molecule has 1 N–H and O–H groups in total. The Labute approximate surface area is 175 Å². The molecule has 0 heterocycles. The zero-order chi connectivity index (χ0) is 21.8. The molecule has 1 amide bonds. The van der Waals surface area contributed by atoms with E-state index in [9.17, 15) is 26.4 Å². The van der Waals surface area contributed by atoms with Crippen LogP contribution < -0.4 is 9.73 Å². The van der Waals surface area contributed by atoms with Crippen LogP contribution in [0.15, 0.2) is 47.6 Å². The first kappa shape index (κ1) is 23.0. The zero-order valence-electron chi connectivity index (χ0n) is 14.7. The van der Waals surface area contributed by atoms with Crippen molar-refractivity contribution in [2.24, 2.45) is 5.10 Å². The van der Waals surface area contributed by atoms with Gasteiger partial charge in [0, 0.05) is 0 Å². The Balaban J connectivity index is 2.14. The van der Waals surface area contributed by atoms with Crippen LogP contribution in [0.25, 0.3) is 0 Å². The lowest BCUT2D eigenvalue weighted by molar-refractivity contribution is -0.137. The molecular formula is C17H14Cl2F3N3O3S. The predicted molar refractivity (Wildman–Crippen MR) is 106 cm³/mol. The summed E-state index contributed by atoms with van der Waals surface area (Å²) in [6.45, 7) is -0.668. The van der Waals surface area contributed by atoms with Gasteiger partial charge in [-0.1, -0.05) is 41.4 Å². The summed E-state index contributed by atoms with van der Waals surface area (Å²) in [6, 6.07) is 8.59. The molecule has 0 saturated carbocycles. The third kappa shape index (κ3) is 6.34. The van der Waals surface area contributed by atoms with Crippen LogP contribution in [0.4, 0.5) is 18.9 Å². The van der Waals surface area contributed by atoms with Crippen molar-refractivity contribution in [1.29, 1.82) is 0 Å². The van der Waals surface area contributed by atoms with E-state index in [-0.39, 0.29) is 21.3 Å². The molecular weight excluding hydrogens is 454 g/mol. The third-order valence-electron chi connectivity index (χ3n) is 3.50. The average molecular weight is 468 g/mol. The number of nitrogens with one attached hydrogen (secondary N) is 1. The Morgan fingerprint density at radius 3 is 2.48 bits per heavy atom. The molecule has 6 nitrogen and oxygen atoms in total. The van der Waals surface area contributed by atoms with E-state index < -0.39 is 34.2 Å². The normalized spacial score (nSPS) is 12.2. The largest absolute Gasteiger partial charge is 0.416 e. The maximum atomic E-state index is 12.7. The Kier molecular flexibility index (Phi) is 7.15. The van der Waals surface area contributed by atoms with Crippen molar-refractivity contribution < 1.29 is 26.4 Å². The van der Waals surface area contributed by atoms with Crippen LogP contribution in [0, 0.1) is 0 Å². The lowest BCUT2D eigenvalue weighted by atomic mass is 10.1. The van der Waals surface area contributed by atoms with E-state index in [1.54, 1.807) is 0 Å². The molecule has 0 unspecified atom stereocenters. The number of amides is 1. The summed E-state index contributed by atoms with van der Waals surface area (Å²) in [5.41, 5.74) is 1.29. The molecule has 0 atom stereocenters. The number of carbonyl (C=O) groups excluding carboxylic acids is 1. The fourth-order valence-corrected chi connectivity index (χ4v) is 3.51. The van der Waals surface area contributed by atoms with Gasteiger partial charge in [-0.05, 0) is 29.8 Å². The lowest BCUT2D eigenvalue weighted by Crippen LogP contribution is -2.39. The Hall–Kier alpha value is -2.30. The van der Waals surface area contributed by atoms with E-state index >= 15 is 0 Å². The number of hydrogen-bond donors (Lipinski definition) is 1. The first-order valence-corrected chi connectivity index (χ1v) is 10.4. The first-order chi connectivity index (χ1) is 13.4. The number of carbonyl (C=O) groups is 1. The van der Waals surface area contributed by atoms with Gasteiger partial charge in [0.15, 0.2) is 0 Å². The van der Waals surface area contributed by atoms with Crippen LogP contribution in [0.3, 0.4) is 0 Å². The fourth-order valence-electron chi connectivity index (χ4n) is 2.21. The number of hydrazone groups is 1. The molecule has 0 aliphatic carbocycles. The van der Waals surface area contributed by atoms with Crippen molar-refractivity contribution in [3.05, 3.63) is 63.6 Å². The third-order valence-corrected chi connectivity index (χ3v) is 5.44. The number of halogens is 5. The van der Waals surface area contributed by atoms with Crippen LogP contribution >= 0.6 is 23.2 Å². The van der Waals surface area contributed by atoms with Crippen LogP contribution in [0.1, 0.15) is 11.1 Å². The van der Waals surface area contributed by atoms with Crippen molar-refractivity contribution in [3.63, 3.8) is 0 Å². The van der Waals surface area contributed by atoms with E-state index in [4.69, 9.17) is 23.2 Å². The van der Waals surface area contributed by atoms with Gasteiger partial charge < -0.3 is 0 Å². The van der Waals surface area contributed by atoms with Crippen LogP contribution in [0.5, 0.6) is 0 Å². The topological polar surface area (TPSA) is 78.8 Å². The van der Waals surface area contributed by atoms with Gasteiger partial charge in [0.05, 0.1) is 33.8 Å². The molecule has 0 aromatic heterocycles. The van der Waals surface area contributed by atoms with E-state index in [2.05, 4.69) is 10.5 Å². The Morgan fingerprint density at radius 2 is 1.86 bits per heavy atom. The number of nitrogens with zero attached hydrogens (tertiary/aromatic N) is 2. The maximum absolute atomic E-state index is 12.7. The number of rotatable bonds is 6. The minimum Gasteiger partial charge on any atom is -0.271 e. The highest BCUT2D eigenvalue weighted by molar-refractivity contribution is 7.92. The SMILES string of the molecule is CS(=O)(=O)N(CC(=O)N/N=C\c1cccc(C(F)(F)F)c1)c1cccc(Cl)c1Cl. The Bertz CT molecular complexity index is 1040. The Morgan fingerprint density at radius 1 is 1.21 bits per heavy atom. The van der Waals surface area contributed by atoms with E-state index in [1.165, 1.54) is 30.3 Å². The van der Waals surface area contributed by atoms with Crippen LogP contribution in [0.2, 0.25) is 10.0 Å². The highest BCUT2D eigenvalue weighted by Crippen LogP contribution is 2.33. The first-order valence-electron chi connectivity index (χ1n) is 7.80. The van der Waals surface area contributed by atoms with Crippen molar-refractivity contribution in [2.45, 2.75) is 6.18 Å². The molecule has 2 aromatic carbocycles. The molecule has 0 saturated heterocycles. The van der Waals surface area contributed by atoms with Crippen molar-refractivity contribution in [2.75, 3.05) is 17.1 Å². The minimum atomic E-state index is -4.51.